The van der Waals surface area contributed by atoms with Crippen molar-refractivity contribution in [3.05, 3.63) is 70.8 Å². The summed E-state index contributed by atoms with van der Waals surface area (Å²) in [5.74, 6) is -0.840. The normalized spacial score (nSPS) is 10.4. The Hall–Kier alpha value is -2.09. The van der Waals surface area contributed by atoms with Crippen molar-refractivity contribution in [3.8, 4) is 0 Å². The van der Waals surface area contributed by atoms with E-state index in [2.05, 4.69) is 31.2 Å². The summed E-state index contributed by atoms with van der Waals surface area (Å²) in [6.45, 7) is 2.15. The molecule has 104 valence electrons. The summed E-state index contributed by atoms with van der Waals surface area (Å²) >= 11 is 0. The van der Waals surface area contributed by atoms with Gasteiger partial charge in [0.05, 0.1) is 5.56 Å². The highest BCUT2D eigenvalue weighted by Crippen LogP contribution is 2.14. The first-order valence-electron chi connectivity index (χ1n) is 7.09. The van der Waals surface area contributed by atoms with E-state index in [0.29, 0.717) is 5.56 Å². The van der Waals surface area contributed by atoms with Gasteiger partial charge >= 0.3 is 5.97 Å². The Bertz CT molecular complexity index is 570. The van der Waals surface area contributed by atoms with Gasteiger partial charge in [0.1, 0.15) is 0 Å². The molecule has 2 heteroatoms. The molecule has 0 bridgehead atoms. The molecule has 0 unspecified atom stereocenters. The van der Waals surface area contributed by atoms with Gasteiger partial charge in [0.15, 0.2) is 0 Å². The topological polar surface area (TPSA) is 37.3 Å². The highest BCUT2D eigenvalue weighted by Gasteiger charge is 2.08. The van der Waals surface area contributed by atoms with Crippen molar-refractivity contribution in [1.82, 2.24) is 0 Å². The van der Waals surface area contributed by atoms with Gasteiger partial charge in [-0.1, -0.05) is 49.4 Å². The van der Waals surface area contributed by atoms with Crippen LogP contribution in [-0.4, -0.2) is 11.1 Å². The van der Waals surface area contributed by atoms with E-state index >= 15 is 0 Å². The standard InChI is InChI=1S/C18H20O2/c1-2-14-10-12-15(13-11-14)6-5-8-16-7-3-4-9-17(16)18(19)20/h3-4,7,9-13H,2,5-6,8H2,1H3,(H,19,20). The third-order valence-electron chi connectivity index (χ3n) is 3.59. The van der Waals surface area contributed by atoms with Gasteiger partial charge in [0, 0.05) is 0 Å². The van der Waals surface area contributed by atoms with Gasteiger partial charge in [0.2, 0.25) is 0 Å². The van der Waals surface area contributed by atoms with Crippen LogP contribution < -0.4 is 0 Å². The van der Waals surface area contributed by atoms with Gasteiger partial charge in [-0.15, -0.1) is 0 Å². The van der Waals surface area contributed by atoms with Crippen molar-refractivity contribution in [2.45, 2.75) is 32.6 Å². The van der Waals surface area contributed by atoms with E-state index in [4.69, 9.17) is 5.11 Å². The Morgan fingerprint density at radius 2 is 1.60 bits per heavy atom. The van der Waals surface area contributed by atoms with E-state index < -0.39 is 5.97 Å². The van der Waals surface area contributed by atoms with E-state index in [-0.39, 0.29) is 0 Å². The molecule has 2 rings (SSSR count). The van der Waals surface area contributed by atoms with E-state index in [1.807, 2.05) is 12.1 Å². The summed E-state index contributed by atoms with van der Waals surface area (Å²) in [6.07, 6.45) is 3.82. The molecular formula is C18H20O2. The smallest absolute Gasteiger partial charge is 0.335 e. The van der Waals surface area contributed by atoms with Crippen LogP contribution in [0.4, 0.5) is 0 Å². The van der Waals surface area contributed by atoms with Crippen molar-refractivity contribution < 1.29 is 9.90 Å². The molecule has 0 aliphatic carbocycles. The molecule has 2 aromatic carbocycles. The molecule has 1 N–H and O–H groups in total. The number of carboxylic acid groups (broad SMARTS) is 1. The molecule has 0 saturated heterocycles. The maximum Gasteiger partial charge on any atom is 0.335 e. The Balaban J connectivity index is 1.94. The average molecular weight is 268 g/mol. The van der Waals surface area contributed by atoms with E-state index in [1.165, 1.54) is 11.1 Å². The zero-order valence-corrected chi connectivity index (χ0v) is 11.8. The number of aryl methyl sites for hydroxylation is 3. The summed E-state index contributed by atoms with van der Waals surface area (Å²) in [6, 6.07) is 15.9. The first-order chi connectivity index (χ1) is 9.70. The lowest BCUT2D eigenvalue weighted by Crippen LogP contribution is -2.02. The molecule has 0 atom stereocenters. The van der Waals surface area contributed by atoms with Crippen molar-refractivity contribution >= 4 is 5.97 Å². The molecule has 0 aliphatic rings. The average Bonchev–Trinajstić information content (AvgIpc) is 2.48. The predicted octanol–water partition coefficient (Wildman–Crippen LogP) is 4.12. The molecule has 0 spiro atoms. The SMILES string of the molecule is CCc1ccc(CCCc2ccccc2C(=O)O)cc1. The summed E-state index contributed by atoms with van der Waals surface area (Å²) in [7, 11) is 0. The fourth-order valence-corrected chi connectivity index (χ4v) is 2.37. The third-order valence-corrected chi connectivity index (χ3v) is 3.59. The van der Waals surface area contributed by atoms with Crippen LogP contribution in [0.15, 0.2) is 48.5 Å². The first-order valence-corrected chi connectivity index (χ1v) is 7.09. The summed E-state index contributed by atoms with van der Waals surface area (Å²) in [4.78, 5) is 11.1. The van der Waals surface area contributed by atoms with Crippen LogP contribution in [0.3, 0.4) is 0 Å². The number of aromatic carboxylic acids is 1. The summed E-state index contributed by atoms with van der Waals surface area (Å²) in [5, 5.41) is 9.14. The van der Waals surface area contributed by atoms with Gasteiger partial charge in [-0.25, -0.2) is 4.79 Å². The minimum Gasteiger partial charge on any atom is -0.478 e. The van der Waals surface area contributed by atoms with Crippen molar-refractivity contribution in [3.63, 3.8) is 0 Å². The molecule has 0 aromatic heterocycles. The molecule has 0 amide bonds. The van der Waals surface area contributed by atoms with Crippen LogP contribution in [0.25, 0.3) is 0 Å². The Labute approximate surface area is 120 Å². The lowest BCUT2D eigenvalue weighted by atomic mass is 9.99. The monoisotopic (exact) mass is 268 g/mol. The van der Waals surface area contributed by atoms with Crippen LogP contribution in [-0.2, 0) is 19.3 Å². The number of hydrogen-bond donors (Lipinski definition) is 1. The highest BCUT2D eigenvalue weighted by atomic mass is 16.4. The number of carboxylic acids is 1. The largest absolute Gasteiger partial charge is 0.478 e. The van der Waals surface area contributed by atoms with Gasteiger partial charge < -0.3 is 5.11 Å². The summed E-state index contributed by atoms with van der Waals surface area (Å²) < 4.78 is 0. The van der Waals surface area contributed by atoms with Gasteiger partial charge in [-0.2, -0.15) is 0 Å². The Kier molecular flexibility index (Phi) is 4.94. The maximum absolute atomic E-state index is 11.1. The fraction of sp³-hybridized carbons (Fsp3) is 0.278. The molecule has 2 nitrogen and oxygen atoms in total. The number of benzene rings is 2. The van der Waals surface area contributed by atoms with Crippen molar-refractivity contribution in [2.24, 2.45) is 0 Å². The van der Waals surface area contributed by atoms with Crippen LogP contribution in [0.1, 0.15) is 40.4 Å². The third kappa shape index (κ3) is 3.70. The van der Waals surface area contributed by atoms with E-state index in [9.17, 15) is 4.79 Å². The lowest BCUT2D eigenvalue weighted by molar-refractivity contribution is 0.0695. The molecule has 2 aromatic rings. The van der Waals surface area contributed by atoms with Crippen LogP contribution in [0.5, 0.6) is 0 Å². The minimum absolute atomic E-state index is 0.425. The number of rotatable bonds is 6. The molecule has 0 aliphatic heterocycles. The number of hydrogen-bond acceptors (Lipinski definition) is 1. The second kappa shape index (κ2) is 6.90. The van der Waals surface area contributed by atoms with Crippen molar-refractivity contribution in [2.75, 3.05) is 0 Å². The van der Waals surface area contributed by atoms with Crippen LogP contribution in [0.2, 0.25) is 0 Å². The van der Waals surface area contributed by atoms with E-state index in [0.717, 1.165) is 31.2 Å². The fourth-order valence-electron chi connectivity index (χ4n) is 2.37. The molecule has 0 fully saturated rings. The van der Waals surface area contributed by atoms with Gasteiger partial charge in [-0.3, -0.25) is 0 Å². The molecule has 0 heterocycles. The Morgan fingerprint density at radius 1 is 0.950 bits per heavy atom. The van der Waals surface area contributed by atoms with Crippen LogP contribution >= 0.6 is 0 Å². The molecule has 20 heavy (non-hydrogen) atoms. The van der Waals surface area contributed by atoms with Gasteiger partial charge in [-0.05, 0) is 48.4 Å². The zero-order valence-electron chi connectivity index (χ0n) is 11.8. The first kappa shape index (κ1) is 14.3. The Morgan fingerprint density at radius 3 is 2.25 bits per heavy atom. The predicted molar refractivity (Wildman–Crippen MR) is 81.2 cm³/mol. The summed E-state index contributed by atoms with van der Waals surface area (Å²) in [5.41, 5.74) is 4.01. The lowest BCUT2D eigenvalue weighted by Gasteiger charge is -2.06. The van der Waals surface area contributed by atoms with Crippen molar-refractivity contribution in [1.29, 1.82) is 0 Å². The van der Waals surface area contributed by atoms with Gasteiger partial charge in [0.25, 0.3) is 0 Å². The maximum atomic E-state index is 11.1. The molecule has 0 radical (unpaired) electrons. The molecule has 0 saturated carbocycles. The number of carbonyl (C=O) groups is 1. The minimum atomic E-state index is -0.840. The zero-order chi connectivity index (χ0) is 14.4. The highest BCUT2D eigenvalue weighted by molar-refractivity contribution is 5.89. The van der Waals surface area contributed by atoms with E-state index in [1.54, 1.807) is 12.1 Å². The quantitative estimate of drug-likeness (QED) is 0.855. The molecular weight excluding hydrogens is 248 g/mol. The van der Waals surface area contributed by atoms with Crippen LogP contribution in [0, 0.1) is 0 Å². The second-order valence-electron chi connectivity index (χ2n) is 4.99. The second-order valence-corrected chi connectivity index (χ2v) is 4.99.